The summed E-state index contributed by atoms with van der Waals surface area (Å²) in [5.41, 5.74) is 1.94. The predicted octanol–water partition coefficient (Wildman–Crippen LogP) is 1.39. The number of quaternary nitrogens is 1. The summed E-state index contributed by atoms with van der Waals surface area (Å²) in [5.74, 6) is -1.91. The Labute approximate surface area is 171 Å². The van der Waals surface area contributed by atoms with E-state index in [4.69, 9.17) is 4.74 Å². The van der Waals surface area contributed by atoms with E-state index in [0.717, 1.165) is 19.6 Å². The molecule has 156 valence electrons. The van der Waals surface area contributed by atoms with Gasteiger partial charge < -0.3 is 19.9 Å². The molecule has 0 aliphatic heterocycles. The molecular weight excluding hydrogens is 370 g/mol. The summed E-state index contributed by atoms with van der Waals surface area (Å²) in [7, 11) is 0. The number of esters is 1. The van der Waals surface area contributed by atoms with E-state index in [1.165, 1.54) is 4.90 Å². The monoisotopic (exact) mass is 400 g/mol. The first kappa shape index (κ1) is 22.4. The molecule has 0 atom stereocenters. The number of rotatable bonds is 10. The summed E-state index contributed by atoms with van der Waals surface area (Å²) < 4.78 is 5.17. The fraction of sp³-hybridized carbons (Fsp3) is 0.409. The zero-order valence-corrected chi connectivity index (χ0v) is 17.6. The second kappa shape index (κ2) is 10.6. The number of amides is 1. The van der Waals surface area contributed by atoms with Crippen LogP contribution in [0.2, 0.25) is 0 Å². The van der Waals surface area contributed by atoms with Crippen LogP contribution in [0.5, 0.6) is 0 Å². The van der Waals surface area contributed by atoms with Gasteiger partial charge in [0.2, 0.25) is 0 Å². The number of benzene rings is 1. The number of Topliss-reactive ketones (excluding diaryl/α,β-unsaturated/α-hetero) is 1. The van der Waals surface area contributed by atoms with Crippen molar-refractivity contribution in [2.45, 2.75) is 27.7 Å². The van der Waals surface area contributed by atoms with Crippen LogP contribution in [0.3, 0.4) is 0 Å². The number of nitrogens with one attached hydrogen (secondary N) is 3. The van der Waals surface area contributed by atoms with Crippen molar-refractivity contribution >= 4 is 17.7 Å². The van der Waals surface area contributed by atoms with Gasteiger partial charge in [-0.3, -0.25) is 9.59 Å². The Hall–Kier alpha value is -2.93. The molecule has 1 heterocycles. The lowest BCUT2D eigenvalue weighted by Crippen LogP contribution is -3.12. The highest BCUT2D eigenvalue weighted by Crippen LogP contribution is 2.31. The normalized spacial score (nSPS) is 10.8. The van der Waals surface area contributed by atoms with Gasteiger partial charge in [-0.1, -0.05) is 30.3 Å². The lowest BCUT2D eigenvalue weighted by Gasteiger charge is -2.15. The van der Waals surface area contributed by atoms with Crippen molar-refractivity contribution in [3.63, 3.8) is 0 Å². The van der Waals surface area contributed by atoms with Gasteiger partial charge >= 0.3 is 5.97 Å². The average molecular weight is 400 g/mol. The lowest BCUT2D eigenvalue weighted by molar-refractivity contribution is -0.895. The van der Waals surface area contributed by atoms with Gasteiger partial charge in [-0.15, -0.1) is 0 Å². The smallest absolute Gasteiger partial charge is 0.340 e. The molecule has 29 heavy (non-hydrogen) atoms. The Bertz CT molecular complexity index is 854. The van der Waals surface area contributed by atoms with E-state index in [-0.39, 0.29) is 17.9 Å². The minimum atomic E-state index is -0.697. The molecule has 0 unspecified atom stereocenters. The third-order valence-corrected chi connectivity index (χ3v) is 4.93. The first-order valence-corrected chi connectivity index (χ1v) is 10.1. The maximum atomic E-state index is 12.9. The molecule has 0 radical (unpaired) electrons. The molecule has 7 nitrogen and oxygen atoms in total. The van der Waals surface area contributed by atoms with Gasteiger partial charge in [-0.05, 0) is 33.3 Å². The number of ether oxygens (including phenoxy) is 1. The van der Waals surface area contributed by atoms with Gasteiger partial charge in [0.15, 0.2) is 0 Å². The molecule has 0 saturated carbocycles. The quantitative estimate of drug-likeness (QED) is 0.319. The summed E-state index contributed by atoms with van der Waals surface area (Å²) in [6, 6.07) is 9.06. The number of ketones is 1. The molecule has 0 fully saturated rings. The summed E-state index contributed by atoms with van der Waals surface area (Å²) >= 11 is 0. The molecule has 0 spiro atoms. The summed E-state index contributed by atoms with van der Waals surface area (Å²) in [6.45, 7) is 10.9. The lowest BCUT2D eigenvalue weighted by atomic mass is 9.98. The number of hydrogen-bond acceptors (Lipinski definition) is 4. The molecule has 2 rings (SSSR count). The van der Waals surface area contributed by atoms with Gasteiger partial charge in [0.05, 0.1) is 38.3 Å². The Balaban J connectivity index is 2.34. The van der Waals surface area contributed by atoms with E-state index >= 15 is 0 Å². The standard InChI is InChI=1S/C22H29N3O4/c1-5-25(6-2)14-13-23-21(27)20(26)19-18(16-11-9-8-10-12-16)17(15(4)24-19)22(28)29-7-3/h8-12,24H,5-7,13-14H2,1-4H3,(H,23,27)/p+1. The van der Waals surface area contributed by atoms with E-state index in [1.54, 1.807) is 26.0 Å². The van der Waals surface area contributed by atoms with Crippen molar-refractivity contribution in [2.75, 3.05) is 32.8 Å². The van der Waals surface area contributed by atoms with E-state index in [1.807, 2.05) is 18.2 Å². The third kappa shape index (κ3) is 5.32. The molecular formula is C22H30N3O4+. The van der Waals surface area contributed by atoms with E-state index in [9.17, 15) is 14.4 Å². The summed E-state index contributed by atoms with van der Waals surface area (Å²) in [6.07, 6.45) is 0. The third-order valence-electron chi connectivity index (χ3n) is 4.93. The molecule has 3 N–H and O–H groups in total. The zero-order valence-electron chi connectivity index (χ0n) is 17.6. The average Bonchev–Trinajstić information content (AvgIpc) is 3.08. The van der Waals surface area contributed by atoms with Crippen LogP contribution in [0.15, 0.2) is 30.3 Å². The van der Waals surface area contributed by atoms with Crippen LogP contribution in [0.25, 0.3) is 11.1 Å². The highest BCUT2D eigenvalue weighted by atomic mass is 16.5. The first-order valence-electron chi connectivity index (χ1n) is 10.1. The SMILES string of the molecule is CCOC(=O)c1c(C)[nH]c(C(=O)C(=O)NCC[NH+](CC)CC)c1-c1ccccc1. The number of aromatic nitrogens is 1. The summed E-state index contributed by atoms with van der Waals surface area (Å²) in [5, 5.41) is 2.70. The maximum absolute atomic E-state index is 12.9. The molecule has 0 aliphatic carbocycles. The highest BCUT2D eigenvalue weighted by Gasteiger charge is 2.29. The van der Waals surface area contributed by atoms with Crippen LogP contribution in [-0.4, -0.2) is 55.4 Å². The minimum Gasteiger partial charge on any atom is -0.462 e. The van der Waals surface area contributed by atoms with Gasteiger partial charge in [0.1, 0.15) is 5.69 Å². The van der Waals surface area contributed by atoms with Crippen molar-refractivity contribution in [2.24, 2.45) is 0 Å². The van der Waals surface area contributed by atoms with Crippen LogP contribution < -0.4 is 10.2 Å². The van der Waals surface area contributed by atoms with Crippen LogP contribution in [-0.2, 0) is 9.53 Å². The Morgan fingerprint density at radius 3 is 2.31 bits per heavy atom. The number of H-pyrrole nitrogens is 1. The molecule has 0 aliphatic rings. The van der Waals surface area contributed by atoms with E-state index < -0.39 is 17.7 Å². The van der Waals surface area contributed by atoms with Gasteiger partial charge in [0.25, 0.3) is 11.7 Å². The van der Waals surface area contributed by atoms with Crippen molar-refractivity contribution in [3.8, 4) is 11.1 Å². The van der Waals surface area contributed by atoms with Gasteiger partial charge in [-0.25, -0.2) is 4.79 Å². The molecule has 7 heteroatoms. The van der Waals surface area contributed by atoms with E-state index in [2.05, 4.69) is 24.1 Å². The summed E-state index contributed by atoms with van der Waals surface area (Å²) in [4.78, 5) is 42.2. The topological polar surface area (TPSA) is 92.7 Å². The van der Waals surface area contributed by atoms with Gasteiger partial charge in [0, 0.05) is 11.3 Å². The fourth-order valence-electron chi connectivity index (χ4n) is 3.30. The van der Waals surface area contributed by atoms with Crippen molar-refractivity contribution in [1.29, 1.82) is 0 Å². The second-order valence-electron chi connectivity index (χ2n) is 6.75. The van der Waals surface area contributed by atoms with Crippen molar-refractivity contribution in [3.05, 3.63) is 47.3 Å². The van der Waals surface area contributed by atoms with Crippen LogP contribution in [0.4, 0.5) is 0 Å². The molecule has 1 amide bonds. The largest absolute Gasteiger partial charge is 0.462 e. The Morgan fingerprint density at radius 2 is 1.72 bits per heavy atom. The number of aryl methyl sites for hydroxylation is 1. The number of aromatic amines is 1. The molecule has 0 bridgehead atoms. The Kier molecular flexibility index (Phi) is 8.15. The Morgan fingerprint density at radius 1 is 1.07 bits per heavy atom. The maximum Gasteiger partial charge on any atom is 0.340 e. The number of carbonyl (C=O) groups is 3. The first-order chi connectivity index (χ1) is 13.9. The van der Waals surface area contributed by atoms with Crippen LogP contribution in [0.1, 0.15) is 47.3 Å². The molecule has 1 aromatic heterocycles. The van der Waals surface area contributed by atoms with Gasteiger partial charge in [-0.2, -0.15) is 0 Å². The minimum absolute atomic E-state index is 0.101. The second-order valence-corrected chi connectivity index (χ2v) is 6.75. The fourth-order valence-corrected chi connectivity index (χ4v) is 3.30. The van der Waals surface area contributed by atoms with Crippen LogP contribution >= 0.6 is 0 Å². The highest BCUT2D eigenvalue weighted by molar-refractivity contribution is 6.43. The van der Waals surface area contributed by atoms with Crippen LogP contribution in [0, 0.1) is 6.92 Å². The van der Waals surface area contributed by atoms with Crippen molar-refractivity contribution in [1.82, 2.24) is 10.3 Å². The molecule has 0 saturated heterocycles. The number of likely N-dealkylation sites (N-methyl/N-ethyl adjacent to an activating group) is 1. The molecule has 2 aromatic rings. The predicted molar refractivity (Wildman–Crippen MR) is 111 cm³/mol. The molecule has 1 aromatic carbocycles. The zero-order chi connectivity index (χ0) is 21.4. The van der Waals surface area contributed by atoms with E-state index in [0.29, 0.717) is 23.4 Å². The number of hydrogen-bond donors (Lipinski definition) is 3. The van der Waals surface area contributed by atoms with Crippen molar-refractivity contribution < 1.29 is 24.0 Å². The number of carbonyl (C=O) groups excluding carboxylic acids is 3.